The fraction of sp³-hybridized carbons (Fsp3) is 0.0455. The molecule has 0 radical (unpaired) electrons. The second kappa shape index (κ2) is 7.05. The fourth-order valence-corrected chi connectivity index (χ4v) is 3.15. The van der Waals surface area contributed by atoms with Crippen LogP contribution in [0.2, 0.25) is 0 Å². The number of hydrogen-bond acceptors (Lipinski definition) is 3. The number of nitrogens with one attached hydrogen (secondary N) is 2. The van der Waals surface area contributed by atoms with Crippen LogP contribution in [-0.4, -0.2) is 5.91 Å². The number of halogens is 1. The summed E-state index contributed by atoms with van der Waals surface area (Å²) in [4.78, 5) is 12.7. The minimum absolute atomic E-state index is 0.263. The summed E-state index contributed by atoms with van der Waals surface area (Å²) in [5, 5.41) is 6.11. The summed E-state index contributed by atoms with van der Waals surface area (Å²) in [5.41, 5.74) is 10.7. The third kappa shape index (κ3) is 3.32. The first-order valence-electron chi connectivity index (χ1n) is 8.62. The van der Waals surface area contributed by atoms with E-state index in [-0.39, 0.29) is 11.7 Å². The summed E-state index contributed by atoms with van der Waals surface area (Å²) in [7, 11) is 0. The maximum atomic E-state index is 13.6. The highest BCUT2D eigenvalue weighted by Crippen LogP contribution is 2.37. The Morgan fingerprint density at radius 3 is 2.44 bits per heavy atom. The maximum absolute atomic E-state index is 13.6. The molecular weight excluding hydrogens is 341 g/mol. The highest BCUT2D eigenvalue weighted by molar-refractivity contribution is 6.37. The van der Waals surface area contributed by atoms with E-state index in [1.165, 1.54) is 12.1 Å². The van der Waals surface area contributed by atoms with Crippen molar-refractivity contribution in [1.82, 2.24) is 0 Å². The Morgan fingerprint density at radius 1 is 1.00 bits per heavy atom. The molecule has 1 amide bonds. The third-order valence-electron chi connectivity index (χ3n) is 4.50. The molecule has 3 aromatic rings. The van der Waals surface area contributed by atoms with Gasteiger partial charge in [0.25, 0.3) is 5.91 Å². The molecule has 134 valence electrons. The highest BCUT2D eigenvalue weighted by Gasteiger charge is 2.28. The molecule has 0 aliphatic carbocycles. The zero-order valence-corrected chi connectivity index (χ0v) is 14.5. The monoisotopic (exact) mass is 359 g/mol. The number of hydrogen-bond donors (Lipinski definition) is 3. The van der Waals surface area contributed by atoms with Gasteiger partial charge in [0.15, 0.2) is 0 Å². The van der Waals surface area contributed by atoms with Crippen LogP contribution in [0.3, 0.4) is 0 Å². The highest BCUT2D eigenvalue weighted by atomic mass is 19.1. The van der Waals surface area contributed by atoms with Crippen molar-refractivity contribution >= 4 is 28.6 Å². The molecule has 0 aromatic heterocycles. The molecule has 0 saturated carbocycles. The number of amides is 1. The minimum atomic E-state index is -0.387. The van der Waals surface area contributed by atoms with E-state index < -0.39 is 0 Å². The van der Waals surface area contributed by atoms with Crippen LogP contribution in [0.5, 0.6) is 0 Å². The number of carbonyl (C=O) groups is 1. The number of fused-ring (bicyclic) bond motifs is 1. The SMILES string of the molecule is NCc1ccc(NC(=C2C(=O)Nc3cc(F)ccc32)c2ccccc2)cc1. The van der Waals surface area contributed by atoms with Crippen LogP contribution < -0.4 is 16.4 Å². The van der Waals surface area contributed by atoms with Gasteiger partial charge >= 0.3 is 0 Å². The smallest absolute Gasteiger partial charge is 0.258 e. The molecule has 0 atom stereocenters. The molecule has 0 unspecified atom stereocenters. The normalized spacial score (nSPS) is 14.5. The predicted octanol–water partition coefficient (Wildman–Crippen LogP) is 4.22. The van der Waals surface area contributed by atoms with Gasteiger partial charge in [-0.2, -0.15) is 0 Å². The van der Waals surface area contributed by atoms with Crippen molar-refractivity contribution in [2.24, 2.45) is 5.73 Å². The first-order chi connectivity index (χ1) is 13.2. The third-order valence-corrected chi connectivity index (χ3v) is 4.50. The van der Waals surface area contributed by atoms with Crippen molar-refractivity contribution in [3.8, 4) is 0 Å². The van der Waals surface area contributed by atoms with Gasteiger partial charge in [-0.05, 0) is 41.5 Å². The molecule has 5 heteroatoms. The molecule has 1 aliphatic rings. The van der Waals surface area contributed by atoms with E-state index in [1.54, 1.807) is 6.07 Å². The van der Waals surface area contributed by atoms with Gasteiger partial charge < -0.3 is 16.4 Å². The summed E-state index contributed by atoms with van der Waals surface area (Å²) < 4.78 is 13.6. The van der Waals surface area contributed by atoms with Gasteiger partial charge in [0, 0.05) is 17.8 Å². The van der Waals surface area contributed by atoms with Crippen LogP contribution in [0.25, 0.3) is 11.3 Å². The Morgan fingerprint density at radius 2 is 1.74 bits per heavy atom. The number of nitrogens with two attached hydrogens (primary N) is 1. The van der Waals surface area contributed by atoms with Gasteiger partial charge in [0.2, 0.25) is 0 Å². The largest absolute Gasteiger partial charge is 0.354 e. The zero-order chi connectivity index (χ0) is 18.8. The molecule has 0 fully saturated rings. The number of rotatable bonds is 4. The molecule has 4 rings (SSSR count). The van der Waals surface area contributed by atoms with Crippen molar-refractivity contribution in [2.45, 2.75) is 6.54 Å². The minimum Gasteiger partial charge on any atom is -0.354 e. The number of anilines is 2. The zero-order valence-electron chi connectivity index (χ0n) is 14.5. The topological polar surface area (TPSA) is 67.1 Å². The summed E-state index contributed by atoms with van der Waals surface area (Å²) >= 11 is 0. The number of carbonyl (C=O) groups excluding carboxylic acids is 1. The average molecular weight is 359 g/mol. The summed E-state index contributed by atoms with van der Waals surface area (Å²) in [6, 6.07) is 21.6. The summed E-state index contributed by atoms with van der Waals surface area (Å²) in [6.07, 6.45) is 0. The van der Waals surface area contributed by atoms with E-state index in [2.05, 4.69) is 10.6 Å². The van der Waals surface area contributed by atoms with Gasteiger partial charge in [-0.1, -0.05) is 42.5 Å². The fourth-order valence-electron chi connectivity index (χ4n) is 3.15. The first-order valence-corrected chi connectivity index (χ1v) is 8.62. The van der Waals surface area contributed by atoms with Crippen molar-refractivity contribution in [1.29, 1.82) is 0 Å². The summed E-state index contributed by atoms with van der Waals surface area (Å²) in [5.74, 6) is -0.651. The molecule has 0 spiro atoms. The van der Waals surface area contributed by atoms with E-state index in [9.17, 15) is 9.18 Å². The van der Waals surface area contributed by atoms with Crippen LogP contribution in [0.1, 0.15) is 16.7 Å². The van der Waals surface area contributed by atoms with Gasteiger partial charge in [-0.15, -0.1) is 0 Å². The van der Waals surface area contributed by atoms with Crippen LogP contribution in [0, 0.1) is 5.82 Å². The summed E-state index contributed by atoms with van der Waals surface area (Å²) in [6.45, 7) is 0.467. The Kier molecular flexibility index (Phi) is 4.44. The quantitative estimate of drug-likeness (QED) is 0.611. The van der Waals surface area contributed by atoms with Crippen LogP contribution in [-0.2, 0) is 11.3 Å². The van der Waals surface area contributed by atoms with E-state index in [1.807, 2.05) is 54.6 Å². The molecule has 27 heavy (non-hydrogen) atoms. The predicted molar refractivity (Wildman–Crippen MR) is 106 cm³/mol. The van der Waals surface area contributed by atoms with Gasteiger partial charge in [-0.3, -0.25) is 4.79 Å². The van der Waals surface area contributed by atoms with Crippen molar-refractivity contribution in [3.63, 3.8) is 0 Å². The van der Waals surface area contributed by atoms with E-state index in [0.29, 0.717) is 29.1 Å². The lowest BCUT2D eigenvalue weighted by molar-refractivity contribution is -0.110. The van der Waals surface area contributed by atoms with Crippen molar-refractivity contribution in [3.05, 3.63) is 95.3 Å². The molecule has 1 heterocycles. The number of benzene rings is 3. The van der Waals surface area contributed by atoms with Crippen molar-refractivity contribution < 1.29 is 9.18 Å². The lowest BCUT2D eigenvalue weighted by Gasteiger charge is -2.15. The molecule has 0 saturated heterocycles. The second-order valence-corrected chi connectivity index (χ2v) is 6.29. The average Bonchev–Trinajstić information content (AvgIpc) is 3.02. The van der Waals surface area contributed by atoms with Gasteiger partial charge in [-0.25, -0.2) is 4.39 Å². The van der Waals surface area contributed by atoms with Crippen LogP contribution >= 0.6 is 0 Å². The Bertz CT molecular complexity index is 1030. The van der Waals surface area contributed by atoms with E-state index in [0.717, 1.165) is 16.8 Å². The Hall–Kier alpha value is -3.44. The van der Waals surface area contributed by atoms with Crippen LogP contribution in [0.15, 0.2) is 72.8 Å². The Balaban J connectivity index is 1.86. The molecule has 4 nitrogen and oxygen atoms in total. The van der Waals surface area contributed by atoms with Gasteiger partial charge in [0.1, 0.15) is 5.82 Å². The molecule has 4 N–H and O–H groups in total. The van der Waals surface area contributed by atoms with Gasteiger partial charge in [0.05, 0.1) is 17.0 Å². The first kappa shape index (κ1) is 17.0. The lowest BCUT2D eigenvalue weighted by Crippen LogP contribution is -2.10. The van der Waals surface area contributed by atoms with Crippen LogP contribution in [0.4, 0.5) is 15.8 Å². The second-order valence-electron chi connectivity index (χ2n) is 6.29. The molecule has 0 bridgehead atoms. The molecule has 3 aromatic carbocycles. The molecule has 1 aliphatic heterocycles. The van der Waals surface area contributed by atoms with Crippen molar-refractivity contribution in [2.75, 3.05) is 10.6 Å². The maximum Gasteiger partial charge on any atom is 0.258 e. The standard InChI is InChI=1S/C22H18FN3O/c23-16-8-11-18-19(12-16)26-22(27)20(18)21(15-4-2-1-3-5-15)25-17-9-6-14(13-24)7-10-17/h1-12,25H,13,24H2,(H,26,27). The van der Waals surface area contributed by atoms with E-state index >= 15 is 0 Å². The lowest BCUT2D eigenvalue weighted by atomic mass is 10.00. The Labute approximate surface area is 156 Å². The molecular formula is C22H18FN3O. The van der Waals surface area contributed by atoms with E-state index in [4.69, 9.17) is 5.73 Å².